The molecule has 3 rings (SSSR count). The first-order chi connectivity index (χ1) is 11.2. The first kappa shape index (κ1) is 15.5. The van der Waals surface area contributed by atoms with E-state index in [-0.39, 0.29) is 5.91 Å². The van der Waals surface area contributed by atoms with Crippen LogP contribution in [0.4, 0.5) is 5.13 Å². The van der Waals surface area contributed by atoms with Gasteiger partial charge in [-0.15, -0.1) is 11.3 Å². The minimum absolute atomic E-state index is 0.214. The fourth-order valence-electron chi connectivity index (χ4n) is 1.97. The summed E-state index contributed by atoms with van der Waals surface area (Å²) in [7, 11) is 0. The molecule has 0 aliphatic rings. The van der Waals surface area contributed by atoms with Gasteiger partial charge in [-0.05, 0) is 23.8 Å². The van der Waals surface area contributed by atoms with Gasteiger partial charge in [-0.1, -0.05) is 54.1 Å². The van der Waals surface area contributed by atoms with Crippen LogP contribution >= 0.6 is 22.9 Å². The topological polar surface area (TPSA) is 42.0 Å². The Morgan fingerprint density at radius 2 is 1.83 bits per heavy atom. The molecule has 5 heteroatoms. The van der Waals surface area contributed by atoms with Crippen molar-refractivity contribution < 1.29 is 4.79 Å². The molecular formula is C18H13ClN2OS. The summed E-state index contributed by atoms with van der Waals surface area (Å²) in [6.07, 6.45) is 3.21. The highest BCUT2D eigenvalue weighted by atomic mass is 35.5. The Bertz CT molecular complexity index is 826. The molecule has 0 fully saturated rings. The molecule has 0 saturated carbocycles. The number of amides is 1. The number of hydrogen-bond donors (Lipinski definition) is 1. The first-order valence-electron chi connectivity index (χ1n) is 6.96. The molecule has 0 radical (unpaired) electrons. The number of nitrogens with one attached hydrogen (secondary N) is 1. The van der Waals surface area contributed by atoms with Crippen LogP contribution in [0.5, 0.6) is 0 Å². The zero-order valence-electron chi connectivity index (χ0n) is 12.1. The van der Waals surface area contributed by atoms with Crippen molar-refractivity contribution in [3.63, 3.8) is 0 Å². The molecule has 0 unspecified atom stereocenters. The Hall–Kier alpha value is -2.43. The van der Waals surface area contributed by atoms with Gasteiger partial charge in [0.15, 0.2) is 5.13 Å². The van der Waals surface area contributed by atoms with Gasteiger partial charge in [0.1, 0.15) is 0 Å². The Kier molecular flexibility index (Phi) is 4.86. The lowest BCUT2D eigenvalue weighted by Crippen LogP contribution is -2.07. The van der Waals surface area contributed by atoms with Gasteiger partial charge in [0.2, 0.25) is 5.91 Å². The van der Waals surface area contributed by atoms with Gasteiger partial charge >= 0.3 is 0 Å². The van der Waals surface area contributed by atoms with Crippen LogP contribution in [0, 0.1) is 0 Å². The molecule has 1 amide bonds. The second kappa shape index (κ2) is 7.22. The summed E-state index contributed by atoms with van der Waals surface area (Å²) in [6, 6.07) is 17.1. The SMILES string of the molecule is O=C(C=Cc1ccc(Cl)cc1)Nc1nc(-c2ccccc2)cs1. The Morgan fingerprint density at radius 3 is 2.57 bits per heavy atom. The van der Waals surface area contributed by atoms with Crippen molar-refractivity contribution in [1.82, 2.24) is 4.98 Å². The third-order valence-electron chi connectivity index (χ3n) is 3.10. The summed E-state index contributed by atoms with van der Waals surface area (Å²) in [5.74, 6) is -0.214. The van der Waals surface area contributed by atoms with E-state index in [4.69, 9.17) is 11.6 Å². The van der Waals surface area contributed by atoms with E-state index < -0.39 is 0 Å². The van der Waals surface area contributed by atoms with Crippen LogP contribution in [-0.4, -0.2) is 10.9 Å². The fraction of sp³-hybridized carbons (Fsp3) is 0. The van der Waals surface area contributed by atoms with Crippen molar-refractivity contribution in [2.24, 2.45) is 0 Å². The highest BCUT2D eigenvalue weighted by Crippen LogP contribution is 2.24. The highest BCUT2D eigenvalue weighted by Gasteiger charge is 2.05. The fourth-order valence-corrected chi connectivity index (χ4v) is 2.81. The van der Waals surface area contributed by atoms with E-state index in [9.17, 15) is 4.79 Å². The molecule has 1 heterocycles. The number of nitrogens with zero attached hydrogens (tertiary/aromatic N) is 1. The summed E-state index contributed by atoms with van der Waals surface area (Å²) >= 11 is 7.23. The number of carbonyl (C=O) groups excluding carboxylic acids is 1. The number of carbonyl (C=O) groups is 1. The van der Waals surface area contributed by atoms with E-state index in [0.717, 1.165) is 16.8 Å². The smallest absolute Gasteiger partial charge is 0.250 e. The van der Waals surface area contributed by atoms with Crippen LogP contribution in [0.15, 0.2) is 66.1 Å². The van der Waals surface area contributed by atoms with Crippen molar-refractivity contribution in [3.05, 3.63) is 76.6 Å². The molecule has 0 aliphatic heterocycles. The molecule has 114 valence electrons. The molecule has 3 aromatic rings. The van der Waals surface area contributed by atoms with Crippen LogP contribution in [-0.2, 0) is 4.79 Å². The van der Waals surface area contributed by atoms with E-state index in [2.05, 4.69) is 10.3 Å². The number of aromatic nitrogens is 1. The lowest BCUT2D eigenvalue weighted by Gasteiger charge is -1.97. The van der Waals surface area contributed by atoms with Crippen molar-refractivity contribution in [3.8, 4) is 11.3 Å². The zero-order valence-corrected chi connectivity index (χ0v) is 13.6. The second-order valence-corrected chi connectivity index (χ2v) is 6.07. The summed E-state index contributed by atoms with van der Waals surface area (Å²) in [4.78, 5) is 16.4. The van der Waals surface area contributed by atoms with E-state index in [1.54, 1.807) is 18.2 Å². The molecule has 3 nitrogen and oxygen atoms in total. The molecule has 1 N–H and O–H groups in total. The van der Waals surface area contributed by atoms with Gasteiger partial charge in [-0.2, -0.15) is 0 Å². The zero-order chi connectivity index (χ0) is 16.1. The van der Waals surface area contributed by atoms with Crippen LogP contribution in [0.25, 0.3) is 17.3 Å². The monoisotopic (exact) mass is 340 g/mol. The van der Waals surface area contributed by atoms with E-state index >= 15 is 0 Å². The summed E-state index contributed by atoms with van der Waals surface area (Å²) in [6.45, 7) is 0. The highest BCUT2D eigenvalue weighted by molar-refractivity contribution is 7.14. The Morgan fingerprint density at radius 1 is 1.09 bits per heavy atom. The van der Waals surface area contributed by atoms with Crippen LogP contribution < -0.4 is 5.32 Å². The van der Waals surface area contributed by atoms with Gasteiger partial charge in [-0.3, -0.25) is 10.1 Å². The maximum atomic E-state index is 11.9. The van der Waals surface area contributed by atoms with Crippen molar-refractivity contribution in [1.29, 1.82) is 0 Å². The predicted octanol–water partition coefficient (Wildman–Crippen LogP) is 5.12. The third kappa shape index (κ3) is 4.28. The maximum absolute atomic E-state index is 11.9. The number of hydrogen-bond acceptors (Lipinski definition) is 3. The van der Waals surface area contributed by atoms with E-state index in [1.807, 2.05) is 47.8 Å². The molecular weight excluding hydrogens is 328 g/mol. The van der Waals surface area contributed by atoms with Gasteiger partial charge in [-0.25, -0.2) is 4.98 Å². The number of rotatable bonds is 4. The molecule has 0 spiro atoms. The molecule has 23 heavy (non-hydrogen) atoms. The molecule has 0 aliphatic carbocycles. The molecule has 2 aromatic carbocycles. The van der Waals surface area contributed by atoms with Gasteiger partial charge in [0.25, 0.3) is 0 Å². The Balaban J connectivity index is 1.64. The Labute approximate surface area is 143 Å². The van der Waals surface area contributed by atoms with Gasteiger partial charge in [0.05, 0.1) is 5.69 Å². The molecule has 0 bridgehead atoms. The molecule has 1 aromatic heterocycles. The lowest BCUT2D eigenvalue weighted by molar-refractivity contribution is -0.111. The largest absolute Gasteiger partial charge is 0.298 e. The predicted molar refractivity (Wildman–Crippen MR) is 96.7 cm³/mol. The number of anilines is 1. The summed E-state index contributed by atoms with van der Waals surface area (Å²) in [5.41, 5.74) is 2.79. The minimum Gasteiger partial charge on any atom is -0.298 e. The van der Waals surface area contributed by atoms with Gasteiger partial charge < -0.3 is 0 Å². The van der Waals surface area contributed by atoms with Crippen LogP contribution in [0.1, 0.15) is 5.56 Å². The van der Waals surface area contributed by atoms with Crippen molar-refractivity contribution in [2.75, 3.05) is 5.32 Å². The lowest BCUT2D eigenvalue weighted by atomic mass is 10.2. The number of halogens is 1. The quantitative estimate of drug-likeness (QED) is 0.670. The van der Waals surface area contributed by atoms with E-state index in [1.165, 1.54) is 17.4 Å². The standard InChI is InChI=1S/C18H13ClN2OS/c19-15-9-6-13(7-10-15)8-11-17(22)21-18-20-16(12-23-18)14-4-2-1-3-5-14/h1-12H,(H,20,21,22). The molecule has 0 atom stereocenters. The van der Waals surface area contributed by atoms with E-state index in [0.29, 0.717) is 10.2 Å². The third-order valence-corrected chi connectivity index (χ3v) is 4.11. The number of benzene rings is 2. The first-order valence-corrected chi connectivity index (χ1v) is 8.22. The summed E-state index contributed by atoms with van der Waals surface area (Å²) < 4.78 is 0. The van der Waals surface area contributed by atoms with Crippen LogP contribution in [0.2, 0.25) is 5.02 Å². The molecule has 0 saturated heterocycles. The van der Waals surface area contributed by atoms with Crippen molar-refractivity contribution in [2.45, 2.75) is 0 Å². The normalized spacial score (nSPS) is 10.8. The number of thiazole rings is 1. The second-order valence-electron chi connectivity index (χ2n) is 4.78. The van der Waals surface area contributed by atoms with Crippen LogP contribution in [0.3, 0.4) is 0 Å². The minimum atomic E-state index is -0.214. The average molecular weight is 341 g/mol. The van der Waals surface area contributed by atoms with Gasteiger partial charge in [0, 0.05) is 22.0 Å². The van der Waals surface area contributed by atoms with Crippen molar-refractivity contribution >= 4 is 40.1 Å². The maximum Gasteiger partial charge on any atom is 0.250 e. The average Bonchev–Trinajstić information content (AvgIpc) is 3.04. The summed E-state index contributed by atoms with van der Waals surface area (Å²) in [5, 5.41) is 5.94.